The van der Waals surface area contributed by atoms with Gasteiger partial charge in [-0.3, -0.25) is 14.2 Å². The van der Waals surface area contributed by atoms with Crippen molar-refractivity contribution in [2.45, 2.75) is 26.9 Å². The number of rotatable bonds is 6. The highest BCUT2D eigenvalue weighted by molar-refractivity contribution is 9.10. The number of nitrogens with one attached hydrogen (secondary N) is 1. The highest BCUT2D eigenvalue weighted by atomic mass is 79.9. The van der Waals surface area contributed by atoms with E-state index in [4.69, 9.17) is 11.6 Å². The second-order valence-electron chi connectivity index (χ2n) is 7.30. The number of halogens is 2. The average Bonchev–Trinajstić information content (AvgIpc) is 3.22. The molecule has 0 atom stereocenters. The maximum absolute atomic E-state index is 12.7. The van der Waals surface area contributed by atoms with Gasteiger partial charge in [0.15, 0.2) is 5.82 Å². The molecule has 0 bridgehead atoms. The number of benzene rings is 2. The summed E-state index contributed by atoms with van der Waals surface area (Å²) in [6.07, 6.45) is 1.71. The van der Waals surface area contributed by atoms with E-state index in [1.54, 1.807) is 23.0 Å². The van der Waals surface area contributed by atoms with Gasteiger partial charge >= 0.3 is 0 Å². The number of amides is 1. The summed E-state index contributed by atoms with van der Waals surface area (Å²) in [7, 11) is 0. The van der Waals surface area contributed by atoms with Crippen LogP contribution in [0.4, 0.5) is 5.82 Å². The molecule has 0 fully saturated rings. The van der Waals surface area contributed by atoms with Crippen molar-refractivity contribution in [3.05, 3.63) is 98.4 Å². The molecule has 1 amide bonds. The summed E-state index contributed by atoms with van der Waals surface area (Å²) >= 11 is 9.82. The summed E-state index contributed by atoms with van der Waals surface area (Å²) in [6.45, 7) is 5.20. The van der Waals surface area contributed by atoms with Crippen LogP contribution in [-0.4, -0.2) is 25.5 Å². The van der Waals surface area contributed by atoms with Crippen LogP contribution in [0, 0.1) is 13.8 Å². The Kier molecular flexibility index (Phi) is 6.25. The predicted molar refractivity (Wildman–Crippen MR) is 126 cm³/mol. The first-order valence-corrected chi connectivity index (χ1v) is 10.9. The van der Waals surface area contributed by atoms with E-state index in [1.807, 2.05) is 61.0 Å². The lowest BCUT2D eigenvalue weighted by Crippen LogP contribution is -2.13. The lowest BCUT2D eigenvalue weighted by atomic mass is 10.1. The topological polar surface area (TPSA) is 64.7 Å². The Balaban J connectivity index is 1.42. The van der Waals surface area contributed by atoms with Crippen LogP contribution < -0.4 is 5.32 Å². The Morgan fingerprint density at radius 3 is 2.32 bits per heavy atom. The van der Waals surface area contributed by atoms with Crippen LogP contribution in [0.15, 0.2) is 65.3 Å². The third-order valence-electron chi connectivity index (χ3n) is 4.98. The average molecular weight is 499 g/mol. The number of aromatic nitrogens is 4. The molecule has 0 unspecified atom stereocenters. The van der Waals surface area contributed by atoms with Crippen molar-refractivity contribution in [3.63, 3.8) is 0 Å². The molecule has 0 saturated carbocycles. The van der Waals surface area contributed by atoms with Crippen LogP contribution in [0.3, 0.4) is 0 Å². The first-order chi connectivity index (χ1) is 14.9. The number of nitrogens with zero attached hydrogens (tertiary/aromatic N) is 4. The maximum Gasteiger partial charge on any atom is 0.256 e. The third kappa shape index (κ3) is 4.89. The van der Waals surface area contributed by atoms with Crippen LogP contribution in [0.2, 0.25) is 5.02 Å². The van der Waals surface area contributed by atoms with E-state index >= 15 is 0 Å². The zero-order chi connectivity index (χ0) is 22.0. The molecule has 0 aliphatic heterocycles. The van der Waals surface area contributed by atoms with Crippen LogP contribution in [0.25, 0.3) is 0 Å². The van der Waals surface area contributed by atoms with E-state index in [0.717, 1.165) is 27.0 Å². The minimum Gasteiger partial charge on any atom is -0.304 e. The summed E-state index contributed by atoms with van der Waals surface area (Å²) in [5, 5.41) is 12.1. The molecule has 158 valence electrons. The smallest absolute Gasteiger partial charge is 0.256 e. The van der Waals surface area contributed by atoms with E-state index in [1.165, 1.54) is 0 Å². The first kappa shape index (κ1) is 21.3. The summed E-state index contributed by atoms with van der Waals surface area (Å²) in [5.41, 5.74) is 4.72. The number of hydrogen-bond donors (Lipinski definition) is 1. The van der Waals surface area contributed by atoms with E-state index in [9.17, 15) is 4.79 Å². The summed E-state index contributed by atoms with van der Waals surface area (Å²) in [5.74, 6) is 0.0893. The largest absolute Gasteiger partial charge is 0.304 e. The van der Waals surface area contributed by atoms with Gasteiger partial charge in [0.25, 0.3) is 5.91 Å². The molecule has 0 spiro atoms. The SMILES string of the molecule is Cc1nn(Cc2ccc(C(=O)Nc3nn(Cc4ccccc4)cc3Cl)cc2)c(C)c1Br. The Morgan fingerprint density at radius 1 is 1.00 bits per heavy atom. The summed E-state index contributed by atoms with van der Waals surface area (Å²) < 4.78 is 4.67. The normalized spacial score (nSPS) is 11.0. The van der Waals surface area contributed by atoms with Gasteiger partial charge in [0, 0.05) is 11.8 Å². The molecule has 6 nitrogen and oxygen atoms in total. The Morgan fingerprint density at radius 2 is 1.68 bits per heavy atom. The number of aryl methyl sites for hydroxylation is 1. The Hall–Kier alpha value is -2.90. The minimum absolute atomic E-state index is 0.257. The van der Waals surface area contributed by atoms with Crippen molar-refractivity contribution < 1.29 is 4.79 Å². The number of anilines is 1. The second-order valence-corrected chi connectivity index (χ2v) is 8.50. The number of carbonyl (C=O) groups excluding carboxylic acids is 1. The van der Waals surface area contributed by atoms with Crippen LogP contribution >= 0.6 is 27.5 Å². The van der Waals surface area contributed by atoms with Gasteiger partial charge in [0.05, 0.1) is 29.0 Å². The molecular weight excluding hydrogens is 478 g/mol. The standard InChI is InChI=1S/C23H21BrClN5O/c1-15-21(24)16(2)30(27-15)13-18-8-10-19(11-9-18)23(31)26-22-20(25)14-29(28-22)12-17-6-4-3-5-7-17/h3-11,14H,12-13H2,1-2H3,(H,26,28,31). The number of carbonyl (C=O) groups is 1. The van der Waals surface area contributed by atoms with Crippen molar-refractivity contribution in [1.29, 1.82) is 0 Å². The van der Waals surface area contributed by atoms with Gasteiger partial charge in [0.2, 0.25) is 0 Å². The lowest BCUT2D eigenvalue weighted by Gasteiger charge is -2.07. The van der Waals surface area contributed by atoms with E-state index < -0.39 is 0 Å². The molecule has 31 heavy (non-hydrogen) atoms. The fraction of sp³-hybridized carbons (Fsp3) is 0.174. The van der Waals surface area contributed by atoms with Crippen LogP contribution in [-0.2, 0) is 13.1 Å². The Labute approximate surface area is 194 Å². The molecular formula is C23H21BrClN5O. The number of hydrogen-bond acceptors (Lipinski definition) is 3. The molecule has 1 N–H and O–H groups in total. The van der Waals surface area contributed by atoms with Gasteiger partial charge in [-0.15, -0.1) is 0 Å². The van der Waals surface area contributed by atoms with E-state index in [-0.39, 0.29) is 5.91 Å². The van der Waals surface area contributed by atoms with E-state index in [0.29, 0.717) is 29.5 Å². The van der Waals surface area contributed by atoms with Gasteiger partial charge in [-0.2, -0.15) is 10.2 Å². The van der Waals surface area contributed by atoms with Crippen molar-refractivity contribution >= 4 is 39.3 Å². The van der Waals surface area contributed by atoms with Gasteiger partial charge in [-0.1, -0.05) is 54.1 Å². The Bertz CT molecular complexity index is 1220. The molecule has 2 aromatic heterocycles. The molecule has 0 aliphatic carbocycles. The van der Waals surface area contributed by atoms with Crippen molar-refractivity contribution in [2.75, 3.05) is 5.32 Å². The molecule has 2 aromatic carbocycles. The molecule has 0 radical (unpaired) electrons. The maximum atomic E-state index is 12.7. The van der Waals surface area contributed by atoms with E-state index in [2.05, 4.69) is 31.4 Å². The molecule has 0 saturated heterocycles. The summed E-state index contributed by atoms with van der Waals surface area (Å²) in [4.78, 5) is 12.7. The van der Waals surface area contributed by atoms with Gasteiger partial charge < -0.3 is 5.32 Å². The zero-order valence-electron chi connectivity index (χ0n) is 17.1. The second kappa shape index (κ2) is 9.08. The van der Waals surface area contributed by atoms with Crippen molar-refractivity contribution in [1.82, 2.24) is 19.6 Å². The molecule has 8 heteroatoms. The fourth-order valence-electron chi connectivity index (χ4n) is 3.28. The van der Waals surface area contributed by atoms with Gasteiger partial charge in [-0.25, -0.2) is 0 Å². The van der Waals surface area contributed by atoms with Crippen LogP contribution in [0.1, 0.15) is 32.9 Å². The first-order valence-electron chi connectivity index (χ1n) is 9.77. The van der Waals surface area contributed by atoms with Crippen LogP contribution in [0.5, 0.6) is 0 Å². The molecule has 0 aliphatic rings. The highest BCUT2D eigenvalue weighted by Crippen LogP contribution is 2.22. The predicted octanol–water partition coefficient (Wildman–Crippen LogP) is 5.46. The monoisotopic (exact) mass is 497 g/mol. The highest BCUT2D eigenvalue weighted by Gasteiger charge is 2.13. The molecule has 4 aromatic rings. The third-order valence-corrected chi connectivity index (χ3v) is 6.40. The van der Waals surface area contributed by atoms with Crippen molar-refractivity contribution in [2.24, 2.45) is 0 Å². The quantitative estimate of drug-likeness (QED) is 0.384. The van der Waals surface area contributed by atoms with Gasteiger partial charge in [-0.05, 0) is 53.0 Å². The zero-order valence-corrected chi connectivity index (χ0v) is 19.5. The fourth-order valence-corrected chi connectivity index (χ4v) is 3.76. The summed E-state index contributed by atoms with van der Waals surface area (Å²) in [6, 6.07) is 17.4. The van der Waals surface area contributed by atoms with Gasteiger partial charge in [0.1, 0.15) is 5.02 Å². The van der Waals surface area contributed by atoms with Crippen molar-refractivity contribution in [3.8, 4) is 0 Å². The molecule has 4 rings (SSSR count). The molecule has 2 heterocycles. The lowest BCUT2D eigenvalue weighted by molar-refractivity contribution is 0.102. The minimum atomic E-state index is -0.257.